The molecule has 1 aromatic carbocycles. The third-order valence-corrected chi connectivity index (χ3v) is 3.81. The van der Waals surface area contributed by atoms with E-state index in [4.69, 9.17) is 4.74 Å². The van der Waals surface area contributed by atoms with Crippen LogP contribution in [0.1, 0.15) is 15.9 Å². The number of hydrogen-bond donors (Lipinski definition) is 0. The first-order chi connectivity index (χ1) is 7.94. The van der Waals surface area contributed by atoms with Crippen LogP contribution in [0, 0.1) is 6.92 Å². The highest BCUT2D eigenvalue weighted by Crippen LogP contribution is 2.06. The van der Waals surface area contributed by atoms with E-state index >= 15 is 0 Å². The molecule has 1 rings (SSSR count). The molecular formula is C12H16O4S. The van der Waals surface area contributed by atoms with Crippen molar-refractivity contribution in [2.24, 2.45) is 0 Å². The minimum atomic E-state index is -3.38. The lowest BCUT2D eigenvalue weighted by Crippen LogP contribution is -2.21. The number of hydrogen-bond acceptors (Lipinski definition) is 4. The van der Waals surface area contributed by atoms with Crippen LogP contribution < -0.4 is 0 Å². The van der Waals surface area contributed by atoms with E-state index in [1.807, 2.05) is 6.92 Å². The van der Waals surface area contributed by atoms with Crippen molar-refractivity contribution in [3.8, 4) is 0 Å². The van der Waals surface area contributed by atoms with Gasteiger partial charge in [0, 0.05) is 12.7 Å². The molecule has 0 bridgehead atoms. The number of benzene rings is 1. The highest BCUT2D eigenvalue weighted by atomic mass is 32.2. The van der Waals surface area contributed by atoms with E-state index in [0.29, 0.717) is 5.56 Å². The quantitative estimate of drug-likeness (QED) is 0.718. The first-order valence-corrected chi connectivity index (χ1v) is 7.06. The van der Waals surface area contributed by atoms with Crippen molar-refractivity contribution in [2.75, 3.05) is 25.2 Å². The van der Waals surface area contributed by atoms with Gasteiger partial charge in [0.2, 0.25) is 0 Å². The van der Waals surface area contributed by atoms with Gasteiger partial charge in [0.05, 0.1) is 12.4 Å². The Morgan fingerprint density at radius 3 is 2.35 bits per heavy atom. The standard InChI is InChI=1S/C12H16O4S/c1-10-3-5-11(6-4-10)12(13)9-17(14,15)8-7-16-2/h3-6H,7-9H2,1-2H3. The summed E-state index contributed by atoms with van der Waals surface area (Å²) in [6.45, 7) is 2.02. The molecule has 0 aliphatic carbocycles. The number of Topliss-reactive ketones (excluding diaryl/α,β-unsaturated/α-hetero) is 1. The third-order valence-electron chi connectivity index (χ3n) is 2.32. The molecule has 0 aromatic heterocycles. The smallest absolute Gasteiger partial charge is 0.177 e. The molecule has 0 radical (unpaired) electrons. The van der Waals surface area contributed by atoms with Gasteiger partial charge in [0.25, 0.3) is 0 Å². The number of ether oxygens (including phenoxy) is 1. The molecule has 17 heavy (non-hydrogen) atoms. The van der Waals surface area contributed by atoms with Gasteiger partial charge in [-0.05, 0) is 6.92 Å². The van der Waals surface area contributed by atoms with E-state index in [1.165, 1.54) is 7.11 Å². The highest BCUT2D eigenvalue weighted by molar-refractivity contribution is 7.92. The lowest BCUT2D eigenvalue weighted by atomic mass is 10.1. The van der Waals surface area contributed by atoms with E-state index in [-0.39, 0.29) is 18.1 Å². The minimum Gasteiger partial charge on any atom is -0.384 e. The molecule has 0 fully saturated rings. The lowest BCUT2D eigenvalue weighted by molar-refractivity contribution is 0.102. The summed E-state index contributed by atoms with van der Waals surface area (Å²) in [5, 5.41) is 0. The number of carbonyl (C=O) groups excluding carboxylic acids is 1. The predicted molar refractivity (Wildman–Crippen MR) is 66.0 cm³/mol. The molecule has 0 saturated carbocycles. The molecular weight excluding hydrogens is 240 g/mol. The van der Waals surface area contributed by atoms with Crippen molar-refractivity contribution >= 4 is 15.6 Å². The molecule has 0 unspecified atom stereocenters. The molecule has 0 aliphatic heterocycles. The number of rotatable bonds is 6. The molecule has 4 nitrogen and oxygen atoms in total. The summed E-state index contributed by atoms with van der Waals surface area (Å²) in [6, 6.07) is 6.86. The molecule has 1 aromatic rings. The van der Waals surface area contributed by atoms with Crippen LogP contribution in [0.5, 0.6) is 0 Å². The van der Waals surface area contributed by atoms with Gasteiger partial charge in [0.1, 0.15) is 5.75 Å². The number of ketones is 1. The van der Waals surface area contributed by atoms with Gasteiger partial charge in [-0.2, -0.15) is 0 Å². The van der Waals surface area contributed by atoms with E-state index in [1.54, 1.807) is 24.3 Å². The topological polar surface area (TPSA) is 60.4 Å². The summed E-state index contributed by atoms with van der Waals surface area (Å²) < 4.78 is 27.8. The molecule has 0 N–H and O–H groups in total. The van der Waals surface area contributed by atoms with Crippen LogP contribution in [0.25, 0.3) is 0 Å². The normalized spacial score (nSPS) is 11.4. The lowest BCUT2D eigenvalue weighted by Gasteiger charge is -2.03. The SMILES string of the molecule is COCCS(=O)(=O)CC(=O)c1ccc(C)cc1. The third kappa shape index (κ3) is 4.66. The summed E-state index contributed by atoms with van der Waals surface area (Å²) in [5.74, 6) is -0.957. The second-order valence-electron chi connectivity index (χ2n) is 3.87. The maximum Gasteiger partial charge on any atom is 0.177 e. The van der Waals surface area contributed by atoms with Crippen LogP contribution in [0.3, 0.4) is 0 Å². The summed E-state index contributed by atoms with van der Waals surface area (Å²) in [4.78, 5) is 11.7. The van der Waals surface area contributed by atoms with Gasteiger partial charge in [-0.15, -0.1) is 0 Å². The number of sulfone groups is 1. The Balaban J connectivity index is 2.69. The molecule has 0 spiro atoms. The zero-order chi connectivity index (χ0) is 12.9. The minimum absolute atomic E-state index is 0.115. The number of methoxy groups -OCH3 is 1. The van der Waals surface area contributed by atoms with Crippen LogP contribution >= 0.6 is 0 Å². The highest BCUT2D eigenvalue weighted by Gasteiger charge is 2.17. The van der Waals surface area contributed by atoms with E-state index in [9.17, 15) is 13.2 Å². The van der Waals surface area contributed by atoms with Crippen molar-refractivity contribution in [1.29, 1.82) is 0 Å². The Hall–Kier alpha value is -1.20. The van der Waals surface area contributed by atoms with Crippen LogP contribution in [-0.4, -0.2) is 39.4 Å². The second-order valence-corrected chi connectivity index (χ2v) is 6.06. The van der Waals surface area contributed by atoms with Gasteiger partial charge < -0.3 is 4.74 Å². The molecule has 0 aliphatic rings. The Labute approximate surface area is 102 Å². The summed E-state index contributed by atoms with van der Waals surface area (Å²) >= 11 is 0. The zero-order valence-corrected chi connectivity index (χ0v) is 10.8. The maximum atomic E-state index is 11.7. The fraction of sp³-hybridized carbons (Fsp3) is 0.417. The number of aryl methyl sites for hydroxylation is 1. The van der Waals surface area contributed by atoms with Gasteiger partial charge in [-0.3, -0.25) is 4.79 Å². The number of carbonyl (C=O) groups is 1. The summed E-state index contributed by atoms with van der Waals surface area (Å²) in [7, 11) is -1.95. The van der Waals surface area contributed by atoms with Crippen LogP contribution in [0.4, 0.5) is 0 Å². The van der Waals surface area contributed by atoms with Gasteiger partial charge in [-0.1, -0.05) is 29.8 Å². The van der Waals surface area contributed by atoms with Crippen LogP contribution in [0.2, 0.25) is 0 Å². The fourth-order valence-electron chi connectivity index (χ4n) is 1.30. The van der Waals surface area contributed by atoms with Crippen molar-refractivity contribution in [3.05, 3.63) is 35.4 Å². The monoisotopic (exact) mass is 256 g/mol. The zero-order valence-electron chi connectivity index (χ0n) is 9.97. The van der Waals surface area contributed by atoms with E-state index in [0.717, 1.165) is 5.56 Å². The molecule has 0 heterocycles. The van der Waals surface area contributed by atoms with E-state index < -0.39 is 15.6 Å². The Kier molecular flexibility index (Phi) is 4.84. The second kappa shape index (κ2) is 5.93. The Morgan fingerprint density at radius 1 is 1.24 bits per heavy atom. The van der Waals surface area contributed by atoms with Gasteiger partial charge in [0.15, 0.2) is 15.6 Å². The summed E-state index contributed by atoms with van der Waals surface area (Å²) in [5.41, 5.74) is 1.46. The maximum absolute atomic E-state index is 11.7. The fourth-order valence-corrected chi connectivity index (χ4v) is 2.44. The molecule has 0 saturated heterocycles. The Bertz CT molecular complexity index is 474. The van der Waals surface area contributed by atoms with Crippen LogP contribution in [0.15, 0.2) is 24.3 Å². The first-order valence-electron chi connectivity index (χ1n) is 5.24. The first kappa shape index (κ1) is 13.9. The van der Waals surface area contributed by atoms with Crippen molar-refractivity contribution in [1.82, 2.24) is 0 Å². The predicted octanol–water partition coefficient (Wildman–Crippen LogP) is 1.24. The molecule has 94 valence electrons. The van der Waals surface area contributed by atoms with Crippen LogP contribution in [-0.2, 0) is 14.6 Å². The largest absolute Gasteiger partial charge is 0.384 e. The average molecular weight is 256 g/mol. The molecule has 5 heteroatoms. The average Bonchev–Trinajstić information content (AvgIpc) is 2.26. The summed E-state index contributed by atoms with van der Waals surface area (Å²) in [6.07, 6.45) is 0. The Morgan fingerprint density at radius 2 is 1.82 bits per heavy atom. The van der Waals surface area contributed by atoms with Crippen molar-refractivity contribution in [3.63, 3.8) is 0 Å². The van der Waals surface area contributed by atoms with Crippen molar-refractivity contribution < 1.29 is 17.9 Å². The molecule has 0 atom stereocenters. The van der Waals surface area contributed by atoms with Crippen molar-refractivity contribution in [2.45, 2.75) is 6.92 Å². The molecule has 0 amide bonds. The van der Waals surface area contributed by atoms with Gasteiger partial charge in [-0.25, -0.2) is 8.42 Å². The van der Waals surface area contributed by atoms with E-state index in [2.05, 4.69) is 0 Å². The van der Waals surface area contributed by atoms with Gasteiger partial charge >= 0.3 is 0 Å².